The first kappa shape index (κ1) is 14.9. The van der Waals surface area contributed by atoms with Gasteiger partial charge in [0.15, 0.2) is 0 Å². The molecule has 2 unspecified atom stereocenters. The minimum atomic E-state index is 0.00482. The van der Waals surface area contributed by atoms with Crippen molar-refractivity contribution in [3.63, 3.8) is 0 Å². The molecule has 0 radical (unpaired) electrons. The Morgan fingerprint density at radius 2 is 1.65 bits per heavy atom. The van der Waals surface area contributed by atoms with E-state index in [0.717, 1.165) is 5.56 Å². The van der Waals surface area contributed by atoms with Crippen LogP contribution in [-0.4, -0.2) is 10.2 Å². The highest BCUT2D eigenvalue weighted by Gasteiger charge is 2.16. The molecule has 3 nitrogen and oxygen atoms in total. The Balaban J connectivity index is 2.14. The van der Waals surface area contributed by atoms with Crippen LogP contribution in [0.2, 0.25) is 0 Å². The molecule has 2 aromatic rings. The van der Waals surface area contributed by atoms with Gasteiger partial charge in [0.05, 0.1) is 0 Å². The largest absolute Gasteiger partial charge is 0.508 e. The number of aryl methyl sites for hydroxylation is 2. The van der Waals surface area contributed by atoms with Crippen molar-refractivity contribution in [1.29, 1.82) is 0 Å². The van der Waals surface area contributed by atoms with Gasteiger partial charge in [-0.05, 0) is 45.4 Å². The normalized spacial score (nSPS) is 14.2. The van der Waals surface area contributed by atoms with E-state index < -0.39 is 0 Å². The number of thiophene rings is 1. The lowest BCUT2D eigenvalue weighted by Crippen LogP contribution is -2.22. The lowest BCUT2D eigenvalue weighted by Gasteiger charge is -2.21. The van der Waals surface area contributed by atoms with Crippen molar-refractivity contribution in [3.05, 3.63) is 45.1 Å². The maximum atomic E-state index is 9.91. The van der Waals surface area contributed by atoms with Crippen molar-refractivity contribution in [2.75, 3.05) is 0 Å². The van der Waals surface area contributed by atoms with Gasteiger partial charge in [-0.2, -0.15) is 0 Å². The lowest BCUT2D eigenvalue weighted by molar-refractivity contribution is 0.427. The molecule has 3 N–H and O–H groups in total. The van der Waals surface area contributed by atoms with E-state index in [2.05, 4.69) is 32.2 Å². The molecular weight excluding hydrogens is 270 g/mol. The molecule has 4 heteroatoms. The molecule has 0 fully saturated rings. The van der Waals surface area contributed by atoms with Gasteiger partial charge in [0.25, 0.3) is 0 Å². The number of phenols is 2. The molecule has 20 heavy (non-hydrogen) atoms. The molecule has 0 spiro atoms. The maximum absolute atomic E-state index is 9.91. The molecule has 2 rings (SSSR count). The predicted molar refractivity (Wildman–Crippen MR) is 83.5 cm³/mol. The van der Waals surface area contributed by atoms with E-state index in [9.17, 15) is 10.2 Å². The van der Waals surface area contributed by atoms with Crippen LogP contribution in [0.1, 0.15) is 46.8 Å². The monoisotopic (exact) mass is 291 g/mol. The van der Waals surface area contributed by atoms with Crippen LogP contribution in [0.5, 0.6) is 11.5 Å². The zero-order valence-electron chi connectivity index (χ0n) is 12.3. The van der Waals surface area contributed by atoms with E-state index in [1.165, 1.54) is 21.4 Å². The van der Waals surface area contributed by atoms with E-state index in [1.807, 2.05) is 6.92 Å². The van der Waals surface area contributed by atoms with Crippen LogP contribution in [0, 0.1) is 13.8 Å². The summed E-state index contributed by atoms with van der Waals surface area (Å²) in [6.45, 7) is 8.39. The number of hydrogen-bond acceptors (Lipinski definition) is 4. The second kappa shape index (κ2) is 5.85. The fourth-order valence-electron chi connectivity index (χ4n) is 2.53. The van der Waals surface area contributed by atoms with Crippen molar-refractivity contribution in [1.82, 2.24) is 5.32 Å². The number of rotatable bonds is 4. The van der Waals surface area contributed by atoms with Gasteiger partial charge >= 0.3 is 0 Å². The highest BCUT2D eigenvalue weighted by atomic mass is 32.1. The van der Waals surface area contributed by atoms with Gasteiger partial charge in [-0.25, -0.2) is 0 Å². The van der Waals surface area contributed by atoms with Crippen LogP contribution in [0.4, 0.5) is 0 Å². The molecule has 1 heterocycles. The standard InChI is InChI=1S/C16H21NO2S/c1-9-7-15(12(4)20-9)11(3)17-10(2)14-6-5-13(18)8-16(14)19/h5-8,10-11,17-19H,1-4H3. The first-order chi connectivity index (χ1) is 9.38. The van der Waals surface area contributed by atoms with Crippen molar-refractivity contribution < 1.29 is 10.2 Å². The molecule has 0 amide bonds. The summed E-state index contributed by atoms with van der Waals surface area (Å²) in [5, 5.41) is 22.7. The lowest BCUT2D eigenvalue weighted by atomic mass is 10.0. The molecule has 1 aromatic carbocycles. The maximum Gasteiger partial charge on any atom is 0.124 e. The smallest absolute Gasteiger partial charge is 0.124 e. The van der Waals surface area contributed by atoms with Crippen molar-refractivity contribution in [2.45, 2.75) is 39.8 Å². The van der Waals surface area contributed by atoms with Gasteiger partial charge in [0, 0.05) is 33.5 Å². The molecule has 108 valence electrons. The van der Waals surface area contributed by atoms with Gasteiger partial charge in [-0.1, -0.05) is 6.07 Å². The molecule has 1 aromatic heterocycles. The Morgan fingerprint density at radius 1 is 1.00 bits per heavy atom. The average molecular weight is 291 g/mol. The van der Waals surface area contributed by atoms with E-state index in [1.54, 1.807) is 23.5 Å². The molecule has 0 aliphatic carbocycles. The molecule has 0 aliphatic rings. The van der Waals surface area contributed by atoms with Crippen LogP contribution in [-0.2, 0) is 0 Å². The summed E-state index contributed by atoms with van der Waals surface area (Å²) in [4.78, 5) is 2.64. The predicted octanol–water partition coefficient (Wildman–Crippen LogP) is 4.19. The molecular formula is C16H21NO2S. The van der Waals surface area contributed by atoms with E-state index in [4.69, 9.17) is 0 Å². The number of nitrogens with one attached hydrogen (secondary N) is 1. The summed E-state index contributed by atoms with van der Waals surface area (Å²) >= 11 is 1.80. The fourth-order valence-corrected chi connectivity index (χ4v) is 3.56. The van der Waals surface area contributed by atoms with E-state index >= 15 is 0 Å². The van der Waals surface area contributed by atoms with Crippen molar-refractivity contribution >= 4 is 11.3 Å². The summed E-state index contributed by atoms with van der Waals surface area (Å²) in [6.07, 6.45) is 0. The molecule has 0 saturated carbocycles. The summed E-state index contributed by atoms with van der Waals surface area (Å²) < 4.78 is 0. The van der Waals surface area contributed by atoms with Crippen LogP contribution >= 0.6 is 11.3 Å². The fraction of sp³-hybridized carbons (Fsp3) is 0.375. The number of aromatic hydroxyl groups is 2. The number of benzene rings is 1. The first-order valence-electron chi connectivity index (χ1n) is 6.73. The highest BCUT2D eigenvalue weighted by molar-refractivity contribution is 7.12. The molecule has 0 saturated heterocycles. The Kier molecular flexibility index (Phi) is 4.35. The number of phenolic OH excluding ortho intramolecular Hbond substituents is 2. The van der Waals surface area contributed by atoms with Crippen molar-refractivity contribution in [2.24, 2.45) is 0 Å². The van der Waals surface area contributed by atoms with Crippen molar-refractivity contribution in [3.8, 4) is 11.5 Å². The summed E-state index contributed by atoms with van der Waals surface area (Å²) in [7, 11) is 0. The summed E-state index contributed by atoms with van der Waals surface area (Å²) in [6, 6.07) is 7.14. The molecule has 0 aliphatic heterocycles. The zero-order valence-corrected chi connectivity index (χ0v) is 13.1. The summed E-state index contributed by atoms with van der Waals surface area (Å²) in [5.74, 6) is 0.200. The zero-order chi connectivity index (χ0) is 14.9. The van der Waals surface area contributed by atoms with E-state index in [-0.39, 0.29) is 23.6 Å². The Labute approximate surface area is 123 Å². The third-order valence-electron chi connectivity index (χ3n) is 3.53. The highest BCUT2D eigenvalue weighted by Crippen LogP contribution is 2.31. The third kappa shape index (κ3) is 3.14. The van der Waals surface area contributed by atoms with Crippen LogP contribution < -0.4 is 5.32 Å². The first-order valence-corrected chi connectivity index (χ1v) is 7.55. The quantitative estimate of drug-likeness (QED) is 0.791. The van der Waals surface area contributed by atoms with Gasteiger partial charge < -0.3 is 15.5 Å². The van der Waals surface area contributed by atoms with E-state index in [0.29, 0.717) is 0 Å². The summed E-state index contributed by atoms with van der Waals surface area (Å²) in [5.41, 5.74) is 2.09. The Bertz CT molecular complexity index is 607. The Morgan fingerprint density at radius 3 is 2.20 bits per heavy atom. The van der Waals surface area contributed by atoms with Gasteiger partial charge in [-0.15, -0.1) is 11.3 Å². The molecule has 0 bridgehead atoms. The molecule has 2 atom stereocenters. The Hall–Kier alpha value is -1.52. The third-order valence-corrected chi connectivity index (χ3v) is 4.51. The average Bonchev–Trinajstić information content (AvgIpc) is 2.68. The second-order valence-electron chi connectivity index (χ2n) is 5.22. The second-order valence-corrected chi connectivity index (χ2v) is 6.68. The SMILES string of the molecule is Cc1cc(C(C)NC(C)c2ccc(O)cc2O)c(C)s1. The van der Waals surface area contributed by atoms with Crippen LogP contribution in [0.25, 0.3) is 0 Å². The van der Waals surface area contributed by atoms with Crippen LogP contribution in [0.15, 0.2) is 24.3 Å². The van der Waals surface area contributed by atoms with Gasteiger partial charge in [0.2, 0.25) is 0 Å². The van der Waals surface area contributed by atoms with Gasteiger partial charge in [0.1, 0.15) is 11.5 Å². The number of hydrogen-bond donors (Lipinski definition) is 3. The topological polar surface area (TPSA) is 52.5 Å². The van der Waals surface area contributed by atoms with Crippen LogP contribution in [0.3, 0.4) is 0 Å². The van der Waals surface area contributed by atoms with Gasteiger partial charge in [-0.3, -0.25) is 0 Å². The minimum absolute atomic E-state index is 0.00482. The minimum Gasteiger partial charge on any atom is -0.508 e.